The van der Waals surface area contributed by atoms with Crippen LogP contribution in [0.25, 0.3) is 22.4 Å². The molecule has 2 aliphatic heterocycles. The number of aromatic amines is 1. The molecule has 220 valence electrons. The van der Waals surface area contributed by atoms with E-state index in [1.165, 1.54) is 16.6 Å². The Bertz CT molecular complexity index is 1490. The van der Waals surface area contributed by atoms with Gasteiger partial charge in [0, 0.05) is 39.3 Å². The molecule has 5 heterocycles. The fourth-order valence-electron chi connectivity index (χ4n) is 5.17. The number of H-pyrrole nitrogens is 1. The van der Waals surface area contributed by atoms with E-state index >= 15 is 0 Å². The second kappa shape index (κ2) is 12.3. The highest BCUT2D eigenvalue weighted by atomic mass is 32.2. The van der Waals surface area contributed by atoms with E-state index in [1.807, 2.05) is 18.5 Å². The number of hydrogen-bond donors (Lipinski definition) is 2. The maximum Gasteiger partial charge on any atom is 0.279 e. The van der Waals surface area contributed by atoms with Crippen LogP contribution in [0, 0.1) is 0 Å². The van der Waals surface area contributed by atoms with Crippen LogP contribution in [-0.4, -0.2) is 94.3 Å². The average Bonchev–Trinajstić information content (AvgIpc) is 3.26. The zero-order valence-electron chi connectivity index (χ0n) is 23.1. The van der Waals surface area contributed by atoms with Gasteiger partial charge in [-0.15, -0.1) is 0 Å². The van der Waals surface area contributed by atoms with Gasteiger partial charge in [-0.3, -0.25) is 9.48 Å². The number of ether oxygens (including phenoxy) is 1. The van der Waals surface area contributed by atoms with Gasteiger partial charge in [-0.05, 0) is 32.4 Å². The van der Waals surface area contributed by atoms with Crippen LogP contribution < -0.4 is 15.6 Å². The van der Waals surface area contributed by atoms with Gasteiger partial charge in [0.2, 0.25) is 15.9 Å². The third-order valence-electron chi connectivity index (χ3n) is 7.60. The molecular weight excluding hydrogens is 532 g/mol. The van der Waals surface area contributed by atoms with E-state index in [4.69, 9.17) is 9.72 Å². The van der Waals surface area contributed by atoms with Crippen LogP contribution in [0.4, 0.5) is 0 Å². The zero-order valence-corrected chi connectivity index (χ0v) is 23.9. The lowest BCUT2D eigenvalue weighted by atomic mass is 10.1. The highest BCUT2D eigenvalue weighted by Gasteiger charge is 2.31. The van der Waals surface area contributed by atoms with Crippen molar-refractivity contribution in [1.29, 1.82) is 0 Å². The van der Waals surface area contributed by atoms with Crippen LogP contribution in [-0.2, 0) is 16.4 Å². The fraction of sp³-hybridized carbons (Fsp3) is 0.630. The molecule has 0 bridgehead atoms. The molecule has 0 saturated carbocycles. The summed E-state index contributed by atoms with van der Waals surface area (Å²) in [6, 6.07) is 1.70. The summed E-state index contributed by atoms with van der Waals surface area (Å²) in [5.74, 6) is 0.453. The van der Waals surface area contributed by atoms with Crippen LogP contribution in [0.1, 0.15) is 59.7 Å². The van der Waals surface area contributed by atoms with Gasteiger partial charge in [-0.2, -0.15) is 9.40 Å². The molecule has 13 heteroatoms. The van der Waals surface area contributed by atoms with E-state index in [-0.39, 0.29) is 47.2 Å². The van der Waals surface area contributed by atoms with Crippen LogP contribution in [0.3, 0.4) is 0 Å². The van der Waals surface area contributed by atoms with Crippen molar-refractivity contribution in [2.45, 2.75) is 71.4 Å². The molecule has 2 saturated heterocycles. The molecule has 0 amide bonds. The van der Waals surface area contributed by atoms with Crippen molar-refractivity contribution < 1.29 is 13.2 Å². The summed E-state index contributed by atoms with van der Waals surface area (Å²) in [6.07, 6.45) is 3.56. The van der Waals surface area contributed by atoms with E-state index in [0.717, 1.165) is 38.2 Å². The first-order chi connectivity index (χ1) is 18.8. The number of sulfonamides is 1. The highest BCUT2D eigenvalue weighted by molar-refractivity contribution is 7.89. The van der Waals surface area contributed by atoms with Gasteiger partial charge in [0.25, 0.3) is 5.56 Å². The number of rotatable bonds is 10. The predicted molar refractivity (Wildman–Crippen MR) is 155 cm³/mol. The number of hydrogen-bond acceptors (Lipinski definition) is 9. The quantitative estimate of drug-likeness (QED) is 0.374. The van der Waals surface area contributed by atoms with Crippen molar-refractivity contribution in [2.75, 3.05) is 45.8 Å². The minimum atomic E-state index is -3.80. The lowest BCUT2D eigenvalue weighted by Gasteiger charge is -2.33. The van der Waals surface area contributed by atoms with Crippen molar-refractivity contribution >= 4 is 21.1 Å². The summed E-state index contributed by atoms with van der Waals surface area (Å²) in [7, 11) is -3.80. The molecule has 2 fully saturated rings. The maximum atomic E-state index is 13.6. The standard InChI is InChI=1S/C26H38N8O4S.CH4/c1-5-8-17(4)38-26-20(13-19(16-28-26)39(36,37)33-11-9-32(7-3)10-12-33)24-29-22-21(6-2)34(18-14-27-15-18)31-23(22)25(35)30-24;/h13,16-18,27H,5-12,14-15H2,1-4H3,(H,29,30,35);1H4. The Labute approximate surface area is 236 Å². The molecule has 0 spiro atoms. The monoisotopic (exact) mass is 574 g/mol. The van der Waals surface area contributed by atoms with E-state index in [1.54, 1.807) is 0 Å². The Morgan fingerprint density at radius 1 is 1.12 bits per heavy atom. The van der Waals surface area contributed by atoms with Gasteiger partial charge in [0.15, 0.2) is 5.52 Å². The number of nitrogens with one attached hydrogen (secondary N) is 2. The molecule has 40 heavy (non-hydrogen) atoms. The van der Waals surface area contributed by atoms with Gasteiger partial charge in [0.1, 0.15) is 16.2 Å². The number of aryl methyl sites for hydroxylation is 1. The topological polar surface area (TPSA) is 138 Å². The molecule has 12 nitrogen and oxygen atoms in total. The molecule has 2 N–H and O–H groups in total. The van der Waals surface area contributed by atoms with Crippen LogP contribution in [0.5, 0.6) is 5.88 Å². The summed E-state index contributed by atoms with van der Waals surface area (Å²) < 4.78 is 36.8. The Morgan fingerprint density at radius 3 is 2.45 bits per heavy atom. The fourth-order valence-corrected chi connectivity index (χ4v) is 6.57. The van der Waals surface area contributed by atoms with Gasteiger partial charge in [0.05, 0.1) is 29.6 Å². The Hall–Kier alpha value is -2.87. The number of likely N-dealkylation sites (N-methyl/N-ethyl adjacent to an activating group) is 1. The minimum absolute atomic E-state index is 0. The van der Waals surface area contributed by atoms with Gasteiger partial charge in [-0.25, -0.2) is 18.4 Å². The normalized spacial score (nSPS) is 17.9. The van der Waals surface area contributed by atoms with Gasteiger partial charge >= 0.3 is 0 Å². The van der Waals surface area contributed by atoms with Crippen LogP contribution in [0.2, 0.25) is 0 Å². The first-order valence-electron chi connectivity index (χ1n) is 13.9. The summed E-state index contributed by atoms with van der Waals surface area (Å²) in [5.41, 5.74) is 1.61. The number of aromatic nitrogens is 5. The van der Waals surface area contributed by atoms with Crippen molar-refractivity contribution in [3.63, 3.8) is 0 Å². The number of piperazine rings is 1. The third kappa shape index (κ3) is 5.65. The van der Waals surface area contributed by atoms with Gasteiger partial charge in [-0.1, -0.05) is 34.6 Å². The van der Waals surface area contributed by atoms with E-state index in [2.05, 4.69) is 39.1 Å². The maximum absolute atomic E-state index is 13.6. The molecule has 2 aliphatic rings. The SMILES string of the molecule is C.CCCC(C)Oc1ncc(S(=O)(=O)N2CCN(CC)CC2)cc1-c1nc2c(CC)n(C3CNC3)nc2c(=O)[nH]1. The van der Waals surface area contributed by atoms with Crippen LogP contribution >= 0.6 is 0 Å². The average molecular weight is 575 g/mol. The largest absolute Gasteiger partial charge is 0.474 e. The summed E-state index contributed by atoms with van der Waals surface area (Å²) >= 11 is 0. The Kier molecular flexibility index (Phi) is 9.28. The second-order valence-electron chi connectivity index (χ2n) is 10.2. The second-order valence-corrected chi connectivity index (χ2v) is 12.2. The molecule has 3 aromatic rings. The van der Waals surface area contributed by atoms with E-state index < -0.39 is 10.0 Å². The molecule has 5 rings (SSSR count). The lowest BCUT2D eigenvalue weighted by Crippen LogP contribution is -2.48. The first kappa shape index (κ1) is 30.1. The highest BCUT2D eigenvalue weighted by Crippen LogP contribution is 2.31. The molecule has 0 aliphatic carbocycles. The number of nitrogens with zero attached hydrogens (tertiary/aromatic N) is 6. The first-order valence-corrected chi connectivity index (χ1v) is 15.3. The summed E-state index contributed by atoms with van der Waals surface area (Å²) in [6.45, 7) is 12.7. The van der Waals surface area contributed by atoms with Crippen molar-refractivity contribution in [3.05, 3.63) is 28.3 Å². The molecule has 0 radical (unpaired) electrons. The summed E-state index contributed by atoms with van der Waals surface area (Å²) in [5, 5.41) is 7.82. The minimum Gasteiger partial charge on any atom is -0.474 e. The number of fused-ring (bicyclic) bond motifs is 1. The Balaban J connectivity index is 0.00000370. The molecule has 3 aromatic heterocycles. The van der Waals surface area contributed by atoms with Crippen LogP contribution in [0.15, 0.2) is 22.0 Å². The zero-order chi connectivity index (χ0) is 27.7. The molecule has 1 atom stereocenters. The molecule has 0 aromatic carbocycles. The van der Waals surface area contributed by atoms with Crippen molar-refractivity contribution in [1.82, 2.24) is 39.3 Å². The summed E-state index contributed by atoms with van der Waals surface area (Å²) in [4.78, 5) is 27.6. The predicted octanol–water partition coefficient (Wildman–Crippen LogP) is 2.42. The molecular formula is C27H42N8O4S. The Morgan fingerprint density at radius 2 is 1.85 bits per heavy atom. The molecule has 1 unspecified atom stereocenters. The van der Waals surface area contributed by atoms with Gasteiger partial charge < -0.3 is 19.9 Å². The number of pyridine rings is 1. The van der Waals surface area contributed by atoms with Crippen molar-refractivity contribution in [3.8, 4) is 17.3 Å². The smallest absolute Gasteiger partial charge is 0.279 e. The van der Waals surface area contributed by atoms with E-state index in [9.17, 15) is 13.2 Å². The lowest BCUT2D eigenvalue weighted by molar-refractivity contribution is 0.196. The van der Waals surface area contributed by atoms with Crippen molar-refractivity contribution in [2.24, 2.45) is 0 Å². The van der Waals surface area contributed by atoms with E-state index in [0.29, 0.717) is 43.7 Å². The third-order valence-corrected chi connectivity index (χ3v) is 9.46.